The van der Waals surface area contributed by atoms with E-state index in [2.05, 4.69) is 10.6 Å². The van der Waals surface area contributed by atoms with Crippen molar-refractivity contribution in [3.8, 4) is 11.8 Å². The standard InChI is InChI=1S/C20H19N3O3/c1-26-18-9-5-3-7-14(18)12-22-19(24)15-10-16(15)20(25)23-17-8-4-2-6-13(17)11-21/h2-9,15-16H,10,12H2,1H3,(H,22,24)(H,23,25). The number of amides is 2. The van der Waals surface area contributed by atoms with Gasteiger partial charge in [-0.2, -0.15) is 5.26 Å². The quantitative estimate of drug-likeness (QED) is 0.838. The Balaban J connectivity index is 1.54. The van der Waals surface area contributed by atoms with Crippen molar-refractivity contribution in [2.75, 3.05) is 12.4 Å². The highest BCUT2D eigenvalue weighted by Crippen LogP contribution is 2.39. The topological polar surface area (TPSA) is 91.2 Å². The van der Waals surface area contributed by atoms with E-state index in [4.69, 9.17) is 10.00 Å². The van der Waals surface area contributed by atoms with E-state index in [9.17, 15) is 9.59 Å². The van der Waals surface area contributed by atoms with Crippen LogP contribution in [0.4, 0.5) is 5.69 Å². The molecule has 3 rings (SSSR count). The van der Waals surface area contributed by atoms with Gasteiger partial charge < -0.3 is 15.4 Å². The number of anilines is 1. The molecule has 6 heteroatoms. The Morgan fingerprint density at radius 3 is 2.58 bits per heavy atom. The molecule has 0 aliphatic heterocycles. The van der Waals surface area contributed by atoms with Crippen molar-refractivity contribution in [3.63, 3.8) is 0 Å². The molecule has 132 valence electrons. The fourth-order valence-electron chi connectivity index (χ4n) is 2.85. The lowest BCUT2D eigenvalue weighted by atomic mass is 10.2. The third kappa shape index (κ3) is 3.83. The number of nitriles is 1. The van der Waals surface area contributed by atoms with Gasteiger partial charge in [0.15, 0.2) is 0 Å². The van der Waals surface area contributed by atoms with Crippen molar-refractivity contribution in [3.05, 3.63) is 59.7 Å². The number of nitrogens with one attached hydrogen (secondary N) is 2. The molecule has 2 aromatic carbocycles. The second kappa shape index (κ2) is 7.70. The summed E-state index contributed by atoms with van der Waals surface area (Å²) in [7, 11) is 1.58. The molecule has 0 radical (unpaired) electrons. The Kier molecular flexibility index (Phi) is 5.18. The first-order chi connectivity index (χ1) is 12.6. The van der Waals surface area contributed by atoms with Crippen molar-refractivity contribution in [2.45, 2.75) is 13.0 Å². The van der Waals surface area contributed by atoms with Crippen molar-refractivity contribution in [1.82, 2.24) is 5.32 Å². The Morgan fingerprint density at radius 1 is 1.12 bits per heavy atom. The molecular formula is C20H19N3O3. The number of rotatable bonds is 6. The fourth-order valence-corrected chi connectivity index (χ4v) is 2.85. The minimum atomic E-state index is -0.362. The molecule has 0 aromatic heterocycles. The minimum Gasteiger partial charge on any atom is -0.496 e. The van der Waals surface area contributed by atoms with Gasteiger partial charge in [0.05, 0.1) is 30.2 Å². The summed E-state index contributed by atoms with van der Waals surface area (Å²) in [6, 6.07) is 16.3. The highest BCUT2D eigenvalue weighted by molar-refractivity contribution is 6.00. The van der Waals surface area contributed by atoms with Crippen LogP contribution < -0.4 is 15.4 Å². The Morgan fingerprint density at radius 2 is 1.81 bits per heavy atom. The molecule has 0 saturated heterocycles. The molecule has 2 amide bonds. The number of hydrogen-bond donors (Lipinski definition) is 2. The molecule has 1 aliphatic rings. The van der Waals surface area contributed by atoms with Crippen LogP contribution in [-0.2, 0) is 16.1 Å². The molecule has 2 aromatic rings. The second-order valence-corrected chi connectivity index (χ2v) is 6.12. The number of methoxy groups -OCH3 is 1. The summed E-state index contributed by atoms with van der Waals surface area (Å²) >= 11 is 0. The molecule has 1 aliphatic carbocycles. The molecule has 2 atom stereocenters. The summed E-state index contributed by atoms with van der Waals surface area (Å²) in [6.45, 7) is 0.352. The van der Waals surface area contributed by atoms with E-state index in [1.54, 1.807) is 31.4 Å². The van der Waals surface area contributed by atoms with E-state index in [1.165, 1.54) is 0 Å². The van der Waals surface area contributed by atoms with Crippen LogP contribution >= 0.6 is 0 Å². The maximum Gasteiger partial charge on any atom is 0.228 e. The lowest BCUT2D eigenvalue weighted by Gasteiger charge is -2.10. The van der Waals surface area contributed by atoms with Gasteiger partial charge in [-0.25, -0.2) is 0 Å². The molecule has 26 heavy (non-hydrogen) atoms. The third-order valence-electron chi connectivity index (χ3n) is 4.41. The summed E-state index contributed by atoms with van der Waals surface area (Å²) in [5, 5.41) is 14.7. The fraction of sp³-hybridized carbons (Fsp3) is 0.250. The van der Waals surface area contributed by atoms with E-state index >= 15 is 0 Å². The van der Waals surface area contributed by atoms with Crippen LogP contribution in [0.15, 0.2) is 48.5 Å². The lowest BCUT2D eigenvalue weighted by molar-refractivity contribution is -0.125. The van der Waals surface area contributed by atoms with Gasteiger partial charge in [0.2, 0.25) is 11.8 Å². The van der Waals surface area contributed by atoms with E-state index in [-0.39, 0.29) is 23.7 Å². The molecule has 1 fully saturated rings. The van der Waals surface area contributed by atoms with Crippen molar-refractivity contribution < 1.29 is 14.3 Å². The molecular weight excluding hydrogens is 330 g/mol. The summed E-state index contributed by atoms with van der Waals surface area (Å²) in [5.74, 6) is -0.362. The highest BCUT2D eigenvalue weighted by Gasteiger charge is 2.48. The first-order valence-electron chi connectivity index (χ1n) is 8.33. The monoisotopic (exact) mass is 349 g/mol. The zero-order valence-electron chi connectivity index (χ0n) is 14.4. The SMILES string of the molecule is COc1ccccc1CNC(=O)C1CC1C(=O)Nc1ccccc1C#N. The van der Waals surface area contributed by atoms with Gasteiger partial charge in [0.1, 0.15) is 11.8 Å². The Bertz CT molecular complexity index is 873. The van der Waals surface area contributed by atoms with Crippen LogP contribution in [0, 0.1) is 23.2 Å². The highest BCUT2D eigenvalue weighted by atomic mass is 16.5. The Labute approximate surface area is 151 Å². The summed E-state index contributed by atoms with van der Waals surface area (Å²) in [4.78, 5) is 24.6. The van der Waals surface area contributed by atoms with Crippen LogP contribution in [0.2, 0.25) is 0 Å². The molecule has 0 spiro atoms. The van der Waals surface area contributed by atoms with Crippen molar-refractivity contribution in [2.24, 2.45) is 11.8 Å². The van der Waals surface area contributed by atoms with Crippen molar-refractivity contribution in [1.29, 1.82) is 5.26 Å². The number of carbonyl (C=O) groups excluding carboxylic acids is 2. The van der Waals surface area contributed by atoms with E-state index < -0.39 is 0 Å². The van der Waals surface area contributed by atoms with E-state index in [0.717, 1.165) is 5.56 Å². The van der Waals surface area contributed by atoms with Crippen LogP contribution in [0.5, 0.6) is 5.75 Å². The zero-order chi connectivity index (χ0) is 18.5. The van der Waals surface area contributed by atoms with E-state index in [1.807, 2.05) is 30.3 Å². The van der Waals surface area contributed by atoms with Gasteiger partial charge in [0, 0.05) is 12.1 Å². The van der Waals surface area contributed by atoms with Gasteiger partial charge in [-0.15, -0.1) is 0 Å². The predicted octanol–water partition coefficient (Wildman–Crippen LogP) is 2.46. The van der Waals surface area contributed by atoms with Crippen molar-refractivity contribution >= 4 is 17.5 Å². The smallest absolute Gasteiger partial charge is 0.228 e. The van der Waals surface area contributed by atoms with Crippen LogP contribution in [0.1, 0.15) is 17.5 Å². The molecule has 0 bridgehead atoms. The van der Waals surface area contributed by atoms with Gasteiger partial charge in [-0.3, -0.25) is 9.59 Å². The van der Waals surface area contributed by atoms with Crippen LogP contribution in [0.3, 0.4) is 0 Å². The minimum absolute atomic E-state index is 0.148. The van der Waals surface area contributed by atoms with Crippen LogP contribution in [-0.4, -0.2) is 18.9 Å². The third-order valence-corrected chi connectivity index (χ3v) is 4.41. The summed E-state index contributed by atoms with van der Waals surface area (Å²) in [6.07, 6.45) is 0.512. The van der Waals surface area contributed by atoms with E-state index in [0.29, 0.717) is 30.0 Å². The van der Waals surface area contributed by atoms with Gasteiger partial charge in [-0.1, -0.05) is 30.3 Å². The number of carbonyl (C=O) groups is 2. The maximum absolute atomic E-state index is 12.3. The first-order valence-corrected chi connectivity index (χ1v) is 8.33. The number of ether oxygens (including phenoxy) is 1. The lowest BCUT2D eigenvalue weighted by Crippen LogP contribution is -2.27. The second-order valence-electron chi connectivity index (χ2n) is 6.12. The zero-order valence-corrected chi connectivity index (χ0v) is 14.4. The number of nitrogens with zero attached hydrogens (tertiary/aromatic N) is 1. The Hall–Kier alpha value is -3.33. The normalized spacial score (nSPS) is 17.7. The largest absolute Gasteiger partial charge is 0.496 e. The summed E-state index contributed by atoms with van der Waals surface area (Å²) in [5.41, 5.74) is 1.76. The molecule has 1 saturated carbocycles. The number of benzene rings is 2. The molecule has 6 nitrogen and oxygen atoms in total. The maximum atomic E-state index is 12.3. The molecule has 0 heterocycles. The van der Waals surface area contributed by atoms with Gasteiger partial charge >= 0.3 is 0 Å². The van der Waals surface area contributed by atoms with Crippen LogP contribution in [0.25, 0.3) is 0 Å². The number of para-hydroxylation sites is 2. The summed E-state index contributed by atoms with van der Waals surface area (Å²) < 4.78 is 5.26. The molecule has 2 unspecified atom stereocenters. The molecule has 2 N–H and O–H groups in total. The average Bonchev–Trinajstić information content (AvgIpc) is 3.48. The number of hydrogen-bond acceptors (Lipinski definition) is 4. The first kappa shape index (κ1) is 17.5. The van der Waals surface area contributed by atoms with Gasteiger partial charge in [0.25, 0.3) is 0 Å². The predicted molar refractivity (Wildman–Crippen MR) is 96.2 cm³/mol. The van der Waals surface area contributed by atoms with Gasteiger partial charge in [-0.05, 0) is 24.6 Å². The average molecular weight is 349 g/mol.